The standard InChI is InChI=1S/C12H12N2O3/c13-10-2-1-9(5-11(10)15)12(16)14-6-8-3-4-17-7-8/h1-5,7,15H,6,13H2,(H,14,16). The summed E-state index contributed by atoms with van der Waals surface area (Å²) in [6.07, 6.45) is 3.09. The van der Waals surface area contributed by atoms with Crippen LogP contribution in [0.2, 0.25) is 0 Å². The van der Waals surface area contributed by atoms with Crippen molar-refractivity contribution in [2.24, 2.45) is 0 Å². The topological polar surface area (TPSA) is 88.5 Å². The van der Waals surface area contributed by atoms with Gasteiger partial charge in [-0.05, 0) is 24.3 Å². The maximum absolute atomic E-state index is 11.7. The Hall–Kier alpha value is -2.43. The monoisotopic (exact) mass is 232 g/mol. The molecule has 5 nitrogen and oxygen atoms in total. The number of amides is 1. The van der Waals surface area contributed by atoms with Crippen LogP contribution >= 0.6 is 0 Å². The summed E-state index contributed by atoms with van der Waals surface area (Å²) < 4.78 is 4.88. The Morgan fingerprint density at radius 1 is 1.41 bits per heavy atom. The van der Waals surface area contributed by atoms with E-state index in [0.29, 0.717) is 12.1 Å². The minimum atomic E-state index is -0.276. The van der Waals surface area contributed by atoms with Gasteiger partial charge in [0.25, 0.3) is 5.91 Å². The normalized spacial score (nSPS) is 10.1. The van der Waals surface area contributed by atoms with E-state index in [-0.39, 0.29) is 17.3 Å². The summed E-state index contributed by atoms with van der Waals surface area (Å²) >= 11 is 0. The first-order valence-corrected chi connectivity index (χ1v) is 5.04. The number of furan rings is 1. The minimum absolute atomic E-state index is 0.0963. The summed E-state index contributed by atoms with van der Waals surface area (Å²) in [6, 6.07) is 6.14. The van der Waals surface area contributed by atoms with E-state index in [1.54, 1.807) is 18.4 Å². The fourth-order valence-electron chi connectivity index (χ4n) is 1.36. The Morgan fingerprint density at radius 3 is 2.88 bits per heavy atom. The van der Waals surface area contributed by atoms with Crippen LogP contribution in [0.4, 0.5) is 5.69 Å². The summed E-state index contributed by atoms with van der Waals surface area (Å²) in [5.41, 5.74) is 6.93. The third-order valence-corrected chi connectivity index (χ3v) is 2.33. The lowest BCUT2D eigenvalue weighted by molar-refractivity contribution is 0.0950. The first-order valence-electron chi connectivity index (χ1n) is 5.04. The van der Waals surface area contributed by atoms with E-state index >= 15 is 0 Å². The molecule has 4 N–H and O–H groups in total. The Balaban J connectivity index is 2.02. The summed E-state index contributed by atoms with van der Waals surface area (Å²) in [4.78, 5) is 11.7. The summed E-state index contributed by atoms with van der Waals surface area (Å²) in [5, 5.41) is 12.1. The van der Waals surface area contributed by atoms with Gasteiger partial charge in [0, 0.05) is 17.7 Å². The van der Waals surface area contributed by atoms with Crippen molar-refractivity contribution < 1.29 is 14.3 Å². The molecule has 0 aliphatic heterocycles. The molecule has 0 atom stereocenters. The van der Waals surface area contributed by atoms with Crippen molar-refractivity contribution in [1.29, 1.82) is 0 Å². The van der Waals surface area contributed by atoms with Gasteiger partial charge in [0.15, 0.2) is 0 Å². The number of nitrogens with one attached hydrogen (secondary N) is 1. The van der Waals surface area contributed by atoms with E-state index < -0.39 is 0 Å². The van der Waals surface area contributed by atoms with Crippen LogP contribution in [-0.2, 0) is 6.54 Å². The van der Waals surface area contributed by atoms with Gasteiger partial charge in [0.05, 0.1) is 18.2 Å². The Labute approximate surface area is 97.9 Å². The van der Waals surface area contributed by atoms with Crippen LogP contribution in [0, 0.1) is 0 Å². The van der Waals surface area contributed by atoms with Crippen molar-refractivity contribution in [3.63, 3.8) is 0 Å². The number of nitrogens with two attached hydrogens (primary N) is 1. The molecular formula is C12H12N2O3. The first kappa shape index (κ1) is 11.1. The summed E-state index contributed by atoms with van der Waals surface area (Å²) in [5.74, 6) is -0.373. The molecule has 0 fully saturated rings. The smallest absolute Gasteiger partial charge is 0.251 e. The molecule has 0 saturated heterocycles. The van der Waals surface area contributed by atoms with E-state index in [9.17, 15) is 9.90 Å². The number of phenolic OH excluding ortho intramolecular Hbond substituents is 1. The molecule has 5 heteroatoms. The van der Waals surface area contributed by atoms with E-state index in [1.807, 2.05) is 0 Å². The molecule has 1 heterocycles. The van der Waals surface area contributed by atoms with Crippen LogP contribution in [0.1, 0.15) is 15.9 Å². The molecule has 0 saturated carbocycles. The zero-order chi connectivity index (χ0) is 12.3. The van der Waals surface area contributed by atoms with Gasteiger partial charge >= 0.3 is 0 Å². The van der Waals surface area contributed by atoms with Gasteiger partial charge in [0.1, 0.15) is 5.75 Å². The lowest BCUT2D eigenvalue weighted by Crippen LogP contribution is -2.22. The predicted octanol–water partition coefficient (Wildman–Crippen LogP) is 1.50. The number of nitrogen functional groups attached to an aromatic ring is 1. The van der Waals surface area contributed by atoms with E-state index in [4.69, 9.17) is 10.2 Å². The average Bonchev–Trinajstić information content (AvgIpc) is 2.82. The number of carbonyl (C=O) groups is 1. The van der Waals surface area contributed by atoms with Crippen LogP contribution in [-0.4, -0.2) is 11.0 Å². The van der Waals surface area contributed by atoms with E-state index in [1.165, 1.54) is 18.4 Å². The maximum atomic E-state index is 11.7. The van der Waals surface area contributed by atoms with Crippen molar-refractivity contribution >= 4 is 11.6 Å². The molecule has 0 radical (unpaired) electrons. The first-order chi connectivity index (χ1) is 8.16. The molecule has 1 aromatic carbocycles. The molecule has 1 aromatic heterocycles. The fourth-order valence-corrected chi connectivity index (χ4v) is 1.36. The van der Waals surface area contributed by atoms with Crippen LogP contribution in [0.15, 0.2) is 41.2 Å². The second-order valence-corrected chi connectivity index (χ2v) is 3.59. The molecule has 0 aliphatic carbocycles. The zero-order valence-electron chi connectivity index (χ0n) is 9.01. The van der Waals surface area contributed by atoms with Crippen molar-refractivity contribution in [2.75, 3.05) is 5.73 Å². The van der Waals surface area contributed by atoms with Gasteiger partial charge in [-0.3, -0.25) is 4.79 Å². The van der Waals surface area contributed by atoms with Gasteiger partial charge in [-0.25, -0.2) is 0 Å². The highest BCUT2D eigenvalue weighted by Crippen LogP contribution is 2.20. The van der Waals surface area contributed by atoms with Crippen molar-refractivity contribution in [1.82, 2.24) is 5.32 Å². The number of benzene rings is 1. The number of anilines is 1. The molecular weight excluding hydrogens is 220 g/mol. The van der Waals surface area contributed by atoms with Crippen LogP contribution < -0.4 is 11.1 Å². The van der Waals surface area contributed by atoms with E-state index in [2.05, 4.69) is 5.32 Å². The Morgan fingerprint density at radius 2 is 2.24 bits per heavy atom. The van der Waals surface area contributed by atoms with Crippen LogP contribution in [0.25, 0.3) is 0 Å². The molecule has 0 bridgehead atoms. The van der Waals surface area contributed by atoms with Gasteiger partial charge in [-0.15, -0.1) is 0 Å². The zero-order valence-corrected chi connectivity index (χ0v) is 9.01. The number of phenols is 1. The SMILES string of the molecule is Nc1ccc(C(=O)NCc2ccoc2)cc1O. The maximum Gasteiger partial charge on any atom is 0.251 e. The highest BCUT2D eigenvalue weighted by Gasteiger charge is 2.07. The number of carbonyl (C=O) groups excluding carboxylic acids is 1. The van der Waals surface area contributed by atoms with Gasteiger partial charge in [-0.1, -0.05) is 0 Å². The molecule has 0 spiro atoms. The molecule has 2 rings (SSSR count). The molecule has 0 aliphatic rings. The quantitative estimate of drug-likeness (QED) is 0.552. The molecule has 0 unspecified atom stereocenters. The minimum Gasteiger partial charge on any atom is -0.506 e. The lowest BCUT2D eigenvalue weighted by Gasteiger charge is -2.05. The number of rotatable bonds is 3. The van der Waals surface area contributed by atoms with Crippen molar-refractivity contribution in [2.45, 2.75) is 6.54 Å². The largest absolute Gasteiger partial charge is 0.506 e. The number of aromatic hydroxyl groups is 1. The number of hydrogen-bond acceptors (Lipinski definition) is 4. The van der Waals surface area contributed by atoms with Crippen molar-refractivity contribution in [3.8, 4) is 5.75 Å². The highest BCUT2D eigenvalue weighted by molar-refractivity contribution is 5.95. The van der Waals surface area contributed by atoms with Gasteiger partial charge in [-0.2, -0.15) is 0 Å². The van der Waals surface area contributed by atoms with Gasteiger partial charge < -0.3 is 20.6 Å². The summed E-state index contributed by atoms with van der Waals surface area (Å²) in [6.45, 7) is 0.375. The van der Waals surface area contributed by atoms with Crippen molar-refractivity contribution in [3.05, 3.63) is 47.9 Å². The molecule has 1 amide bonds. The summed E-state index contributed by atoms with van der Waals surface area (Å²) in [7, 11) is 0. The van der Waals surface area contributed by atoms with Crippen LogP contribution in [0.3, 0.4) is 0 Å². The second kappa shape index (κ2) is 4.61. The molecule has 2 aromatic rings. The lowest BCUT2D eigenvalue weighted by atomic mass is 10.1. The predicted molar refractivity (Wildman–Crippen MR) is 62.4 cm³/mol. The number of hydrogen-bond donors (Lipinski definition) is 3. The van der Waals surface area contributed by atoms with Gasteiger partial charge in [0.2, 0.25) is 0 Å². The Kier molecular flexibility index (Phi) is 3.00. The molecule has 17 heavy (non-hydrogen) atoms. The molecule has 88 valence electrons. The fraction of sp³-hybridized carbons (Fsp3) is 0.0833. The average molecular weight is 232 g/mol. The third kappa shape index (κ3) is 2.57. The van der Waals surface area contributed by atoms with Crippen LogP contribution in [0.5, 0.6) is 5.75 Å². The second-order valence-electron chi connectivity index (χ2n) is 3.59. The third-order valence-electron chi connectivity index (χ3n) is 2.33. The van der Waals surface area contributed by atoms with E-state index in [0.717, 1.165) is 5.56 Å². The highest BCUT2D eigenvalue weighted by atomic mass is 16.3. The Bertz CT molecular complexity index is 521.